The third-order valence-corrected chi connectivity index (χ3v) is 5.08. The second-order valence-electron chi connectivity index (χ2n) is 5.52. The van der Waals surface area contributed by atoms with Crippen molar-refractivity contribution in [1.29, 1.82) is 0 Å². The van der Waals surface area contributed by atoms with Gasteiger partial charge in [0.2, 0.25) is 0 Å². The first-order chi connectivity index (χ1) is 11.3. The van der Waals surface area contributed by atoms with E-state index >= 15 is 0 Å². The normalized spacial score (nSPS) is 13.5. The van der Waals surface area contributed by atoms with E-state index in [4.69, 9.17) is 9.47 Å². The van der Waals surface area contributed by atoms with Crippen molar-refractivity contribution in [2.24, 2.45) is 0 Å². The molecule has 0 aliphatic heterocycles. The van der Waals surface area contributed by atoms with Crippen molar-refractivity contribution in [3.63, 3.8) is 0 Å². The number of aryl methyl sites for hydroxylation is 1. The van der Waals surface area contributed by atoms with E-state index < -0.39 is 18.0 Å². The van der Waals surface area contributed by atoms with Gasteiger partial charge in [0.25, 0.3) is 5.56 Å². The lowest BCUT2D eigenvalue weighted by atomic mass is 10.2. The molecule has 0 saturated heterocycles. The molecule has 0 fully saturated rings. The van der Waals surface area contributed by atoms with E-state index in [2.05, 4.69) is 4.98 Å². The fourth-order valence-electron chi connectivity index (χ4n) is 2.19. The summed E-state index contributed by atoms with van der Waals surface area (Å²) in [7, 11) is 1.28. The van der Waals surface area contributed by atoms with Crippen LogP contribution in [0.3, 0.4) is 0 Å². The van der Waals surface area contributed by atoms with E-state index in [0.717, 1.165) is 11.3 Å². The first-order valence-electron chi connectivity index (χ1n) is 7.60. The minimum atomic E-state index is -0.802. The number of aromatic nitrogens is 2. The molecule has 0 N–H and O–H groups in total. The van der Waals surface area contributed by atoms with E-state index in [-0.39, 0.29) is 11.7 Å². The smallest absolute Gasteiger partial charge is 0.348 e. The molecule has 0 bridgehead atoms. The molecule has 7 nitrogen and oxygen atoms in total. The van der Waals surface area contributed by atoms with Gasteiger partial charge >= 0.3 is 11.9 Å². The standard InChI is InChI=1S/C16H20N2O5S/c1-6-8(2)23-15(20)10(4)18-7-17-13-11(14(18)19)9(3)12(24-13)16(21)22-5/h7-8,10H,6H2,1-5H3/t8-,10-/m0/s1. The number of ether oxygens (including phenoxy) is 2. The maximum Gasteiger partial charge on any atom is 0.348 e. The largest absolute Gasteiger partial charge is 0.465 e. The van der Waals surface area contributed by atoms with E-state index in [0.29, 0.717) is 27.1 Å². The fourth-order valence-corrected chi connectivity index (χ4v) is 3.25. The Morgan fingerprint density at radius 3 is 2.62 bits per heavy atom. The van der Waals surface area contributed by atoms with Gasteiger partial charge in [0, 0.05) is 0 Å². The highest BCUT2D eigenvalue weighted by Crippen LogP contribution is 2.27. The van der Waals surface area contributed by atoms with Gasteiger partial charge in [-0.1, -0.05) is 6.92 Å². The molecule has 0 unspecified atom stereocenters. The zero-order valence-electron chi connectivity index (χ0n) is 14.3. The lowest BCUT2D eigenvalue weighted by molar-refractivity contribution is -0.152. The first kappa shape index (κ1) is 18.1. The number of fused-ring (bicyclic) bond motifs is 1. The van der Waals surface area contributed by atoms with Crippen molar-refractivity contribution in [2.75, 3.05) is 7.11 Å². The second-order valence-corrected chi connectivity index (χ2v) is 6.52. The van der Waals surface area contributed by atoms with Crippen molar-refractivity contribution in [1.82, 2.24) is 9.55 Å². The number of carbonyl (C=O) groups is 2. The summed E-state index contributed by atoms with van der Waals surface area (Å²) in [6.07, 6.45) is 1.78. The van der Waals surface area contributed by atoms with Crippen LogP contribution in [0.1, 0.15) is 48.5 Å². The summed E-state index contributed by atoms with van der Waals surface area (Å²) in [5.74, 6) is -1.00. The average Bonchev–Trinajstić information content (AvgIpc) is 2.91. The number of esters is 2. The average molecular weight is 352 g/mol. The van der Waals surface area contributed by atoms with Crippen LogP contribution in [0.2, 0.25) is 0 Å². The molecule has 0 aliphatic rings. The van der Waals surface area contributed by atoms with E-state index in [1.54, 1.807) is 20.8 Å². The SMILES string of the molecule is CC[C@H](C)OC(=O)[C@H](C)n1cnc2sc(C(=O)OC)c(C)c2c1=O. The van der Waals surface area contributed by atoms with Crippen molar-refractivity contribution in [3.8, 4) is 0 Å². The molecule has 2 heterocycles. The Hall–Kier alpha value is -2.22. The van der Waals surface area contributed by atoms with Crippen LogP contribution in [-0.4, -0.2) is 34.7 Å². The summed E-state index contributed by atoms with van der Waals surface area (Å²) in [4.78, 5) is 41.7. The summed E-state index contributed by atoms with van der Waals surface area (Å²) in [5, 5.41) is 0.325. The summed E-state index contributed by atoms with van der Waals surface area (Å²) < 4.78 is 11.2. The molecular formula is C16H20N2O5S. The Kier molecular flexibility index (Phi) is 5.38. The molecule has 130 valence electrons. The lowest BCUT2D eigenvalue weighted by Gasteiger charge is -2.17. The first-order valence-corrected chi connectivity index (χ1v) is 8.42. The van der Waals surface area contributed by atoms with Gasteiger partial charge in [0.1, 0.15) is 15.7 Å². The van der Waals surface area contributed by atoms with Crippen molar-refractivity contribution < 1.29 is 19.1 Å². The molecule has 2 aromatic rings. The summed E-state index contributed by atoms with van der Waals surface area (Å²) in [6.45, 7) is 6.95. The van der Waals surface area contributed by atoms with Gasteiger partial charge in [0.05, 0.1) is 24.9 Å². The zero-order chi connectivity index (χ0) is 18.0. The quantitative estimate of drug-likeness (QED) is 0.768. The van der Waals surface area contributed by atoms with Crippen LogP contribution >= 0.6 is 11.3 Å². The monoisotopic (exact) mass is 352 g/mol. The fraction of sp³-hybridized carbons (Fsp3) is 0.500. The molecule has 24 heavy (non-hydrogen) atoms. The highest BCUT2D eigenvalue weighted by Gasteiger charge is 2.24. The Balaban J connectivity index is 2.48. The predicted molar refractivity (Wildman–Crippen MR) is 90.5 cm³/mol. The Morgan fingerprint density at radius 1 is 1.38 bits per heavy atom. The topological polar surface area (TPSA) is 87.5 Å². The molecular weight excluding hydrogens is 332 g/mol. The summed E-state index contributed by atoms with van der Waals surface area (Å²) in [6, 6.07) is -0.802. The Labute approximate surface area is 143 Å². The van der Waals surface area contributed by atoms with E-state index in [9.17, 15) is 14.4 Å². The van der Waals surface area contributed by atoms with Crippen LogP contribution in [-0.2, 0) is 14.3 Å². The van der Waals surface area contributed by atoms with Crippen LogP contribution in [0.15, 0.2) is 11.1 Å². The van der Waals surface area contributed by atoms with Gasteiger partial charge in [-0.3, -0.25) is 9.36 Å². The third kappa shape index (κ3) is 3.19. The van der Waals surface area contributed by atoms with Gasteiger partial charge in [0.15, 0.2) is 0 Å². The second kappa shape index (κ2) is 7.12. The van der Waals surface area contributed by atoms with Crippen LogP contribution < -0.4 is 5.56 Å². The lowest BCUT2D eigenvalue weighted by Crippen LogP contribution is -2.31. The van der Waals surface area contributed by atoms with Crippen LogP contribution in [0.4, 0.5) is 0 Å². The number of methoxy groups -OCH3 is 1. The van der Waals surface area contributed by atoms with E-state index in [1.165, 1.54) is 18.0 Å². The molecule has 0 aromatic carbocycles. The molecule has 2 rings (SSSR count). The van der Waals surface area contributed by atoms with Crippen LogP contribution in [0.25, 0.3) is 10.2 Å². The molecule has 2 atom stereocenters. The highest BCUT2D eigenvalue weighted by atomic mass is 32.1. The van der Waals surface area contributed by atoms with Crippen LogP contribution in [0, 0.1) is 6.92 Å². The molecule has 8 heteroatoms. The molecule has 0 amide bonds. The Morgan fingerprint density at radius 2 is 2.04 bits per heavy atom. The molecule has 0 radical (unpaired) electrons. The minimum Gasteiger partial charge on any atom is -0.465 e. The van der Waals surface area contributed by atoms with Gasteiger partial charge in [-0.25, -0.2) is 14.6 Å². The third-order valence-electron chi connectivity index (χ3n) is 3.90. The number of nitrogens with zero attached hydrogens (tertiary/aromatic N) is 2. The van der Waals surface area contributed by atoms with Gasteiger partial charge in [-0.2, -0.15) is 0 Å². The molecule has 0 aliphatic carbocycles. The highest BCUT2D eigenvalue weighted by molar-refractivity contribution is 7.20. The van der Waals surface area contributed by atoms with E-state index in [1.807, 2.05) is 6.92 Å². The van der Waals surface area contributed by atoms with Gasteiger partial charge < -0.3 is 9.47 Å². The number of carbonyl (C=O) groups excluding carboxylic acids is 2. The number of rotatable bonds is 5. The molecule has 0 saturated carbocycles. The summed E-state index contributed by atoms with van der Waals surface area (Å²) in [5.41, 5.74) is 0.133. The minimum absolute atomic E-state index is 0.221. The zero-order valence-corrected chi connectivity index (χ0v) is 15.1. The summed E-state index contributed by atoms with van der Waals surface area (Å²) >= 11 is 1.10. The number of hydrogen-bond acceptors (Lipinski definition) is 7. The Bertz CT molecular complexity index is 839. The molecule has 0 spiro atoms. The van der Waals surface area contributed by atoms with Crippen LogP contribution in [0.5, 0.6) is 0 Å². The van der Waals surface area contributed by atoms with Crippen molar-refractivity contribution in [3.05, 3.63) is 27.1 Å². The number of thiophene rings is 1. The van der Waals surface area contributed by atoms with Gasteiger partial charge in [-0.05, 0) is 32.8 Å². The number of hydrogen-bond donors (Lipinski definition) is 0. The molecule has 2 aromatic heterocycles. The van der Waals surface area contributed by atoms with Crippen molar-refractivity contribution in [2.45, 2.75) is 46.3 Å². The maximum absolute atomic E-state index is 12.7. The predicted octanol–water partition coefficient (Wildman–Crippen LogP) is 2.46. The maximum atomic E-state index is 12.7. The van der Waals surface area contributed by atoms with Crippen molar-refractivity contribution >= 4 is 33.5 Å². The van der Waals surface area contributed by atoms with Gasteiger partial charge in [-0.15, -0.1) is 11.3 Å².